The molecule has 1 aliphatic rings. The molecule has 2 N–H and O–H groups in total. The van der Waals surface area contributed by atoms with E-state index in [-0.39, 0.29) is 17.2 Å². The van der Waals surface area contributed by atoms with Crippen molar-refractivity contribution in [3.63, 3.8) is 0 Å². The Morgan fingerprint density at radius 3 is 2.76 bits per heavy atom. The Labute approximate surface area is 183 Å². The smallest absolute Gasteiger partial charge is 0.345 e. The van der Waals surface area contributed by atoms with Gasteiger partial charge in [-0.05, 0) is 74.4 Å². The molecule has 0 saturated heterocycles. The van der Waals surface area contributed by atoms with Crippen molar-refractivity contribution < 1.29 is 19.4 Å². The lowest BCUT2D eigenvalue weighted by Gasteiger charge is -2.24. The first kappa shape index (κ1) is 22.3. The van der Waals surface area contributed by atoms with Gasteiger partial charge in [-0.1, -0.05) is 23.3 Å². The van der Waals surface area contributed by atoms with Crippen molar-refractivity contribution in [2.75, 3.05) is 0 Å². The summed E-state index contributed by atoms with van der Waals surface area (Å²) in [5, 5.41) is 19.8. The number of aliphatic hydroxyl groups excluding tert-OH is 1. The summed E-state index contributed by atoms with van der Waals surface area (Å²) in [4.78, 5) is 12.4. The molecule has 0 spiro atoms. The second-order valence-corrected chi connectivity index (χ2v) is 9.73. The number of aromatic carboxylic acids is 1. The van der Waals surface area contributed by atoms with E-state index in [1.54, 1.807) is 12.1 Å². The van der Waals surface area contributed by atoms with Crippen molar-refractivity contribution in [1.29, 1.82) is 0 Å². The number of thiophene rings is 1. The summed E-state index contributed by atoms with van der Waals surface area (Å²) in [5.74, 6) is -1.30. The molecule has 29 heavy (non-hydrogen) atoms. The molecule has 1 aromatic heterocycles. The number of carbonyl (C=O) groups is 1. The van der Waals surface area contributed by atoms with Gasteiger partial charge in [-0.15, -0.1) is 22.9 Å². The van der Waals surface area contributed by atoms with Crippen molar-refractivity contribution in [1.82, 2.24) is 0 Å². The molecule has 3 rings (SSSR count). The SMILES string of the molecule is C/C(=C/c1cc(F)cc(Cl)c1)[C@@H]1[C@@H](CCCc2ccc(C(=O)O)s2)[C@H](Cl)C[C@H]1O. The minimum Gasteiger partial charge on any atom is -0.477 e. The number of hydrogen-bond acceptors (Lipinski definition) is 3. The molecule has 4 atom stereocenters. The monoisotopic (exact) mass is 456 g/mol. The summed E-state index contributed by atoms with van der Waals surface area (Å²) < 4.78 is 13.6. The van der Waals surface area contributed by atoms with Gasteiger partial charge >= 0.3 is 5.97 Å². The normalized spacial score (nSPS) is 24.8. The molecule has 2 aromatic rings. The van der Waals surface area contributed by atoms with E-state index in [4.69, 9.17) is 28.3 Å². The van der Waals surface area contributed by atoms with E-state index in [0.29, 0.717) is 21.9 Å². The number of alkyl halides is 1. The Morgan fingerprint density at radius 1 is 1.34 bits per heavy atom. The van der Waals surface area contributed by atoms with Crippen LogP contribution in [0.15, 0.2) is 35.9 Å². The zero-order valence-electron chi connectivity index (χ0n) is 15.9. The zero-order valence-corrected chi connectivity index (χ0v) is 18.3. The fraction of sp³-hybridized carbons (Fsp3) is 0.409. The molecular formula is C22H23Cl2FO3S. The molecule has 0 radical (unpaired) electrons. The minimum atomic E-state index is -0.903. The van der Waals surface area contributed by atoms with Crippen LogP contribution >= 0.6 is 34.5 Å². The predicted molar refractivity (Wildman–Crippen MR) is 117 cm³/mol. The molecular weight excluding hydrogens is 434 g/mol. The second kappa shape index (κ2) is 9.61. The van der Waals surface area contributed by atoms with Crippen LogP contribution in [0.4, 0.5) is 4.39 Å². The lowest BCUT2D eigenvalue weighted by Crippen LogP contribution is -2.22. The molecule has 0 amide bonds. The highest BCUT2D eigenvalue weighted by atomic mass is 35.5. The van der Waals surface area contributed by atoms with E-state index in [0.717, 1.165) is 29.7 Å². The summed E-state index contributed by atoms with van der Waals surface area (Å²) in [7, 11) is 0. The van der Waals surface area contributed by atoms with E-state index in [2.05, 4.69) is 0 Å². The molecule has 156 valence electrons. The van der Waals surface area contributed by atoms with Crippen LogP contribution in [0.3, 0.4) is 0 Å². The Hall–Kier alpha value is -1.40. The number of halogens is 3. The number of carboxylic acid groups (broad SMARTS) is 1. The minimum absolute atomic E-state index is 0.0996. The largest absolute Gasteiger partial charge is 0.477 e. The van der Waals surface area contributed by atoms with Gasteiger partial charge in [0, 0.05) is 21.2 Å². The highest BCUT2D eigenvalue weighted by molar-refractivity contribution is 7.13. The highest BCUT2D eigenvalue weighted by Gasteiger charge is 2.41. The summed E-state index contributed by atoms with van der Waals surface area (Å²) in [6.07, 6.45) is 4.31. The van der Waals surface area contributed by atoms with Crippen LogP contribution in [0, 0.1) is 17.7 Å². The maximum atomic E-state index is 13.6. The van der Waals surface area contributed by atoms with Crippen molar-refractivity contribution >= 4 is 46.6 Å². The lowest BCUT2D eigenvalue weighted by molar-refractivity contribution is 0.0702. The summed E-state index contributed by atoms with van der Waals surface area (Å²) in [5.41, 5.74) is 1.62. The number of aryl methyl sites for hydroxylation is 1. The third kappa shape index (κ3) is 5.60. The number of rotatable bonds is 7. The molecule has 1 heterocycles. The Kier molecular flexibility index (Phi) is 7.38. The summed E-state index contributed by atoms with van der Waals surface area (Å²) in [6, 6.07) is 7.86. The van der Waals surface area contributed by atoms with Crippen molar-refractivity contribution in [3.8, 4) is 0 Å². The number of aliphatic hydroxyl groups is 1. The van der Waals surface area contributed by atoms with Gasteiger partial charge in [0.2, 0.25) is 0 Å². The van der Waals surface area contributed by atoms with Crippen LogP contribution in [0.5, 0.6) is 0 Å². The van der Waals surface area contributed by atoms with Gasteiger partial charge in [-0.2, -0.15) is 0 Å². The third-order valence-electron chi connectivity index (χ3n) is 5.45. The van der Waals surface area contributed by atoms with Crippen LogP contribution in [0.2, 0.25) is 5.02 Å². The van der Waals surface area contributed by atoms with Crippen LogP contribution in [-0.2, 0) is 6.42 Å². The van der Waals surface area contributed by atoms with Gasteiger partial charge in [-0.3, -0.25) is 0 Å². The maximum Gasteiger partial charge on any atom is 0.345 e. The lowest BCUT2D eigenvalue weighted by atomic mass is 9.84. The highest BCUT2D eigenvalue weighted by Crippen LogP contribution is 2.43. The van der Waals surface area contributed by atoms with E-state index < -0.39 is 17.9 Å². The zero-order chi connectivity index (χ0) is 21.1. The van der Waals surface area contributed by atoms with Crippen molar-refractivity contribution in [3.05, 3.63) is 62.1 Å². The van der Waals surface area contributed by atoms with E-state index >= 15 is 0 Å². The van der Waals surface area contributed by atoms with E-state index in [1.807, 2.05) is 19.1 Å². The molecule has 0 aliphatic heterocycles. The fourth-order valence-corrected chi connectivity index (χ4v) is 5.80. The first-order chi connectivity index (χ1) is 13.7. The first-order valence-electron chi connectivity index (χ1n) is 9.53. The average molecular weight is 457 g/mol. The Bertz CT molecular complexity index is 891. The third-order valence-corrected chi connectivity index (χ3v) is 7.30. The van der Waals surface area contributed by atoms with Crippen LogP contribution < -0.4 is 0 Å². The summed E-state index contributed by atoms with van der Waals surface area (Å²) >= 11 is 13.8. The fourth-order valence-electron chi connectivity index (χ4n) is 4.22. The molecule has 7 heteroatoms. The van der Waals surface area contributed by atoms with Gasteiger partial charge in [0.05, 0.1) is 6.10 Å². The second-order valence-electron chi connectivity index (χ2n) is 7.56. The van der Waals surface area contributed by atoms with Crippen LogP contribution in [0.25, 0.3) is 6.08 Å². The molecule has 0 bridgehead atoms. The number of benzene rings is 1. The Balaban J connectivity index is 1.69. The standard InChI is InChI=1S/C22H23Cl2FO3S/c1-12(7-13-8-14(23)10-15(25)9-13)21-17(18(24)11-19(21)26)4-2-3-16-5-6-20(29-16)22(27)28/h5-10,17-19,21,26H,2-4,11H2,1H3,(H,27,28)/b12-7-/t17-,18+,19+,21+/m0/s1. The van der Waals surface area contributed by atoms with Crippen LogP contribution in [-0.4, -0.2) is 27.7 Å². The van der Waals surface area contributed by atoms with E-state index in [9.17, 15) is 14.3 Å². The summed E-state index contributed by atoms with van der Waals surface area (Å²) in [6.45, 7) is 1.94. The van der Waals surface area contributed by atoms with Gasteiger partial charge in [0.25, 0.3) is 0 Å². The number of carboxylic acids is 1. The van der Waals surface area contributed by atoms with Gasteiger partial charge < -0.3 is 10.2 Å². The van der Waals surface area contributed by atoms with Gasteiger partial charge in [-0.25, -0.2) is 9.18 Å². The molecule has 1 saturated carbocycles. The molecule has 3 nitrogen and oxygen atoms in total. The molecule has 1 fully saturated rings. The topological polar surface area (TPSA) is 57.5 Å². The maximum absolute atomic E-state index is 13.6. The molecule has 1 aliphatic carbocycles. The quantitative estimate of drug-likeness (QED) is 0.482. The molecule has 1 aromatic carbocycles. The Morgan fingerprint density at radius 2 is 2.10 bits per heavy atom. The van der Waals surface area contributed by atoms with Crippen LogP contribution in [0.1, 0.15) is 46.3 Å². The first-order valence-corrected chi connectivity index (χ1v) is 11.2. The number of hydrogen-bond donors (Lipinski definition) is 2. The predicted octanol–water partition coefficient (Wildman–Crippen LogP) is 6.27. The van der Waals surface area contributed by atoms with Gasteiger partial charge in [0.1, 0.15) is 10.7 Å². The van der Waals surface area contributed by atoms with Crippen molar-refractivity contribution in [2.45, 2.75) is 44.1 Å². The molecule has 0 unspecified atom stereocenters. The van der Waals surface area contributed by atoms with E-state index in [1.165, 1.54) is 23.5 Å². The van der Waals surface area contributed by atoms with Crippen molar-refractivity contribution in [2.24, 2.45) is 11.8 Å². The van der Waals surface area contributed by atoms with Gasteiger partial charge in [0.15, 0.2) is 0 Å². The average Bonchev–Trinajstić information content (AvgIpc) is 3.19.